The van der Waals surface area contributed by atoms with Gasteiger partial charge in [-0.1, -0.05) is 55.1 Å². The molecule has 0 unspecified atom stereocenters. The highest BCUT2D eigenvalue weighted by Gasteiger charge is 2.11. The zero-order valence-electron chi connectivity index (χ0n) is 11.3. The molecule has 100 valence electrons. The minimum absolute atomic E-state index is 0.119. The maximum Gasteiger partial charge on any atom is 0.0610 e. The summed E-state index contributed by atoms with van der Waals surface area (Å²) < 4.78 is 2.13. The van der Waals surface area contributed by atoms with Crippen LogP contribution in [0.25, 0.3) is 16.5 Å². The van der Waals surface area contributed by atoms with Crippen LogP contribution in [0.5, 0.6) is 0 Å². The van der Waals surface area contributed by atoms with E-state index in [0.717, 1.165) is 22.3 Å². The minimum atomic E-state index is 0.119. The maximum atomic E-state index is 9.32. The van der Waals surface area contributed by atoms with E-state index in [2.05, 4.69) is 41.5 Å². The van der Waals surface area contributed by atoms with Crippen molar-refractivity contribution in [1.29, 1.82) is 0 Å². The Morgan fingerprint density at radius 2 is 1.70 bits per heavy atom. The van der Waals surface area contributed by atoms with Crippen LogP contribution in [0, 0.1) is 0 Å². The summed E-state index contributed by atoms with van der Waals surface area (Å²) in [5.41, 5.74) is 4.28. The van der Waals surface area contributed by atoms with Crippen molar-refractivity contribution in [3.05, 3.63) is 78.5 Å². The van der Waals surface area contributed by atoms with Crippen LogP contribution >= 0.6 is 0 Å². The van der Waals surface area contributed by atoms with Gasteiger partial charge in [0.15, 0.2) is 0 Å². The molecule has 0 atom stereocenters. The van der Waals surface area contributed by atoms with Crippen molar-refractivity contribution in [2.45, 2.75) is 6.54 Å². The predicted molar refractivity (Wildman–Crippen MR) is 83.6 cm³/mol. The molecule has 0 fully saturated rings. The molecule has 0 saturated carbocycles. The molecule has 1 N–H and O–H groups in total. The Morgan fingerprint density at radius 1 is 1.00 bits per heavy atom. The smallest absolute Gasteiger partial charge is 0.0610 e. The van der Waals surface area contributed by atoms with E-state index in [-0.39, 0.29) is 6.61 Å². The van der Waals surface area contributed by atoms with Gasteiger partial charge in [0, 0.05) is 23.1 Å². The number of hydrogen-bond donors (Lipinski definition) is 1. The summed E-state index contributed by atoms with van der Waals surface area (Å²) in [5.74, 6) is 0. The third-order valence-corrected chi connectivity index (χ3v) is 3.57. The van der Waals surface area contributed by atoms with E-state index in [1.165, 1.54) is 5.39 Å². The molecule has 2 heteroatoms. The number of benzene rings is 2. The van der Waals surface area contributed by atoms with Crippen molar-refractivity contribution in [1.82, 2.24) is 4.57 Å². The van der Waals surface area contributed by atoms with E-state index in [1.54, 1.807) is 0 Å². The fraction of sp³-hybridized carbons (Fsp3) is 0.111. The van der Waals surface area contributed by atoms with Gasteiger partial charge in [0.25, 0.3) is 0 Å². The molecule has 0 saturated heterocycles. The first-order chi connectivity index (χ1) is 9.81. The van der Waals surface area contributed by atoms with Gasteiger partial charge < -0.3 is 9.67 Å². The Balaban J connectivity index is 2.15. The van der Waals surface area contributed by atoms with Crippen molar-refractivity contribution in [3.63, 3.8) is 0 Å². The first kappa shape index (κ1) is 12.7. The molecule has 1 aromatic heterocycles. The quantitative estimate of drug-likeness (QED) is 0.763. The van der Waals surface area contributed by atoms with E-state index in [0.29, 0.717) is 6.54 Å². The summed E-state index contributed by atoms with van der Waals surface area (Å²) >= 11 is 0. The Labute approximate surface area is 118 Å². The summed E-state index contributed by atoms with van der Waals surface area (Å²) in [4.78, 5) is 0. The number of aliphatic hydroxyl groups is 1. The predicted octanol–water partition coefficient (Wildman–Crippen LogP) is 3.70. The molecule has 3 aromatic rings. The molecule has 2 nitrogen and oxygen atoms in total. The van der Waals surface area contributed by atoms with Gasteiger partial charge in [0.1, 0.15) is 0 Å². The third-order valence-electron chi connectivity index (χ3n) is 3.57. The lowest BCUT2D eigenvalue weighted by Crippen LogP contribution is -2.05. The summed E-state index contributed by atoms with van der Waals surface area (Å²) in [6.45, 7) is 4.93. The number of aliphatic hydroxyl groups excluding tert-OH is 1. The van der Waals surface area contributed by atoms with Gasteiger partial charge in [-0.15, -0.1) is 0 Å². The van der Waals surface area contributed by atoms with Crippen LogP contribution in [0.1, 0.15) is 11.3 Å². The zero-order valence-corrected chi connectivity index (χ0v) is 11.3. The Hall–Kier alpha value is -2.32. The molecule has 0 amide bonds. The lowest BCUT2D eigenvalue weighted by Gasteiger charge is -2.11. The van der Waals surface area contributed by atoms with Gasteiger partial charge in [0.2, 0.25) is 0 Å². The highest BCUT2D eigenvalue weighted by atomic mass is 16.3. The molecule has 0 aliphatic carbocycles. The van der Waals surface area contributed by atoms with E-state index >= 15 is 0 Å². The molecule has 0 bridgehead atoms. The first-order valence-corrected chi connectivity index (χ1v) is 6.75. The number of aromatic nitrogens is 1. The van der Waals surface area contributed by atoms with Crippen LogP contribution in [0.2, 0.25) is 0 Å². The second kappa shape index (κ2) is 5.35. The van der Waals surface area contributed by atoms with Gasteiger partial charge >= 0.3 is 0 Å². The molecular formula is C18H17NO. The highest BCUT2D eigenvalue weighted by molar-refractivity contribution is 5.88. The normalized spacial score (nSPS) is 10.8. The van der Waals surface area contributed by atoms with Crippen molar-refractivity contribution < 1.29 is 5.11 Å². The summed E-state index contributed by atoms with van der Waals surface area (Å²) in [7, 11) is 0. The summed E-state index contributed by atoms with van der Waals surface area (Å²) in [6.07, 6.45) is 0. The number of hydrogen-bond acceptors (Lipinski definition) is 1. The Morgan fingerprint density at radius 3 is 2.45 bits per heavy atom. The van der Waals surface area contributed by atoms with Crippen LogP contribution in [0.4, 0.5) is 0 Å². The number of fused-ring (bicyclic) bond motifs is 1. The van der Waals surface area contributed by atoms with E-state index in [9.17, 15) is 5.11 Å². The third kappa shape index (κ3) is 2.15. The SMILES string of the molecule is C=C(c1ccccc1)c1cc2ccccc2n1CCO. The second-order valence-corrected chi connectivity index (χ2v) is 4.81. The van der Waals surface area contributed by atoms with Crippen LogP contribution in [-0.2, 0) is 6.54 Å². The molecular weight excluding hydrogens is 246 g/mol. The maximum absolute atomic E-state index is 9.32. The summed E-state index contributed by atoms with van der Waals surface area (Å²) in [5, 5.41) is 10.5. The number of para-hydroxylation sites is 1. The molecule has 1 heterocycles. The van der Waals surface area contributed by atoms with Crippen molar-refractivity contribution in [2.24, 2.45) is 0 Å². The van der Waals surface area contributed by atoms with Crippen molar-refractivity contribution in [3.8, 4) is 0 Å². The average molecular weight is 263 g/mol. The number of rotatable bonds is 4. The lowest BCUT2D eigenvalue weighted by molar-refractivity contribution is 0.277. The molecule has 0 aliphatic rings. The Kier molecular flexibility index (Phi) is 3.40. The van der Waals surface area contributed by atoms with Crippen molar-refractivity contribution >= 4 is 16.5 Å². The monoisotopic (exact) mass is 263 g/mol. The average Bonchev–Trinajstić information content (AvgIpc) is 2.87. The zero-order chi connectivity index (χ0) is 13.9. The second-order valence-electron chi connectivity index (χ2n) is 4.81. The van der Waals surface area contributed by atoms with Gasteiger partial charge in [-0.2, -0.15) is 0 Å². The molecule has 3 rings (SSSR count). The Bertz CT molecular complexity index is 740. The molecule has 0 radical (unpaired) electrons. The van der Waals surface area contributed by atoms with Gasteiger partial charge in [0.05, 0.1) is 6.61 Å². The van der Waals surface area contributed by atoms with Crippen LogP contribution in [0.3, 0.4) is 0 Å². The van der Waals surface area contributed by atoms with Crippen LogP contribution < -0.4 is 0 Å². The molecule has 0 aliphatic heterocycles. The van der Waals surface area contributed by atoms with Crippen LogP contribution in [-0.4, -0.2) is 16.3 Å². The minimum Gasteiger partial charge on any atom is -0.395 e. The first-order valence-electron chi connectivity index (χ1n) is 6.75. The van der Waals surface area contributed by atoms with E-state index in [1.807, 2.05) is 30.3 Å². The number of nitrogens with zero attached hydrogens (tertiary/aromatic N) is 1. The fourth-order valence-corrected chi connectivity index (χ4v) is 2.59. The van der Waals surface area contributed by atoms with Gasteiger partial charge in [-0.3, -0.25) is 0 Å². The molecule has 0 spiro atoms. The van der Waals surface area contributed by atoms with E-state index in [4.69, 9.17) is 0 Å². The highest BCUT2D eigenvalue weighted by Crippen LogP contribution is 2.28. The summed E-state index contributed by atoms with van der Waals surface area (Å²) in [6, 6.07) is 20.5. The lowest BCUT2D eigenvalue weighted by atomic mass is 10.0. The largest absolute Gasteiger partial charge is 0.395 e. The molecule has 2 aromatic carbocycles. The van der Waals surface area contributed by atoms with Gasteiger partial charge in [-0.25, -0.2) is 0 Å². The standard InChI is InChI=1S/C18H17NO/c1-14(15-7-3-2-4-8-15)18-13-16-9-5-6-10-17(16)19(18)11-12-20/h2-10,13,20H,1,11-12H2. The van der Waals surface area contributed by atoms with Gasteiger partial charge in [-0.05, 0) is 23.3 Å². The topological polar surface area (TPSA) is 25.2 Å². The van der Waals surface area contributed by atoms with Crippen molar-refractivity contribution in [2.75, 3.05) is 6.61 Å². The van der Waals surface area contributed by atoms with E-state index < -0.39 is 0 Å². The molecule has 20 heavy (non-hydrogen) atoms. The van der Waals surface area contributed by atoms with Crippen LogP contribution in [0.15, 0.2) is 67.2 Å². The fourth-order valence-electron chi connectivity index (χ4n) is 2.59.